The van der Waals surface area contributed by atoms with Crippen molar-refractivity contribution in [2.45, 2.75) is 39.7 Å². The van der Waals surface area contributed by atoms with Crippen LogP contribution in [0.2, 0.25) is 0 Å². The van der Waals surface area contributed by atoms with Gasteiger partial charge in [-0.15, -0.1) is 0 Å². The summed E-state index contributed by atoms with van der Waals surface area (Å²) in [6, 6.07) is 8.03. The first-order chi connectivity index (χ1) is 9.13. The van der Waals surface area contributed by atoms with Gasteiger partial charge in [-0.25, -0.2) is 0 Å². The molecular weight excluding hydrogens is 236 g/mol. The number of benzene rings is 1. The Morgan fingerprint density at radius 3 is 2.63 bits per heavy atom. The Kier molecular flexibility index (Phi) is 4.46. The third kappa shape index (κ3) is 3.09. The van der Waals surface area contributed by atoms with Crippen molar-refractivity contribution >= 4 is 11.6 Å². The molecule has 0 heterocycles. The molecule has 1 aliphatic carbocycles. The third-order valence-electron chi connectivity index (χ3n) is 4.32. The minimum Gasteiger partial charge on any atom is -0.385 e. The second-order valence-corrected chi connectivity index (χ2v) is 5.57. The van der Waals surface area contributed by atoms with Crippen LogP contribution in [-0.4, -0.2) is 18.5 Å². The Labute approximate surface area is 115 Å². The van der Waals surface area contributed by atoms with Crippen LogP contribution in [0.1, 0.15) is 44.0 Å². The molecule has 1 amide bonds. The van der Waals surface area contributed by atoms with E-state index in [9.17, 15) is 4.79 Å². The normalized spacial score (nSPS) is 26.2. The number of carbonyl (C=O) groups is 1. The molecule has 0 saturated heterocycles. The summed E-state index contributed by atoms with van der Waals surface area (Å²) in [5.41, 5.74) is 1.66. The lowest BCUT2D eigenvalue weighted by Crippen LogP contribution is -2.37. The van der Waals surface area contributed by atoms with Gasteiger partial charge in [-0.1, -0.05) is 26.0 Å². The maximum Gasteiger partial charge on any atom is 0.253 e. The first kappa shape index (κ1) is 13.9. The van der Waals surface area contributed by atoms with E-state index in [4.69, 9.17) is 0 Å². The minimum absolute atomic E-state index is 0.0440. The Morgan fingerprint density at radius 2 is 2.00 bits per heavy atom. The monoisotopic (exact) mass is 260 g/mol. The average molecular weight is 260 g/mol. The summed E-state index contributed by atoms with van der Waals surface area (Å²) in [4.78, 5) is 12.4. The summed E-state index contributed by atoms with van der Waals surface area (Å²) in [5, 5.41) is 6.44. The molecular formula is C16H24N2O. The van der Waals surface area contributed by atoms with Crippen molar-refractivity contribution in [3.05, 3.63) is 29.8 Å². The van der Waals surface area contributed by atoms with Crippen molar-refractivity contribution in [1.29, 1.82) is 0 Å². The molecule has 104 valence electrons. The Balaban J connectivity index is 2.08. The Morgan fingerprint density at radius 1 is 1.26 bits per heavy atom. The maximum atomic E-state index is 12.4. The van der Waals surface area contributed by atoms with Crippen molar-refractivity contribution in [3.63, 3.8) is 0 Å². The van der Waals surface area contributed by atoms with E-state index in [-0.39, 0.29) is 5.91 Å². The van der Waals surface area contributed by atoms with E-state index in [0.29, 0.717) is 17.9 Å². The van der Waals surface area contributed by atoms with Gasteiger partial charge in [0.15, 0.2) is 0 Å². The summed E-state index contributed by atoms with van der Waals surface area (Å²) in [7, 11) is 0. The molecule has 0 aromatic heterocycles. The van der Waals surface area contributed by atoms with Gasteiger partial charge in [-0.3, -0.25) is 4.79 Å². The SMILES string of the molecule is CCNc1ccccc1C(=O)NC1CCC(C)C1C. The molecule has 0 bridgehead atoms. The fourth-order valence-electron chi connectivity index (χ4n) is 2.84. The zero-order valence-electron chi connectivity index (χ0n) is 12.1. The van der Waals surface area contributed by atoms with Gasteiger partial charge in [0.05, 0.1) is 5.56 Å². The lowest BCUT2D eigenvalue weighted by atomic mass is 9.97. The van der Waals surface area contributed by atoms with Gasteiger partial charge >= 0.3 is 0 Å². The topological polar surface area (TPSA) is 41.1 Å². The van der Waals surface area contributed by atoms with E-state index in [0.717, 1.165) is 24.2 Å². The molecule has 1 fully saturated rings. The predicted octanol–water partition coefficient (Wildman–Crippen LogP) is 3.28. The van der Waals surface area contributed by atoms with Crippen molar-refractivity contribution in [2.75, 3.05) is 11.9 Å². The first-order valence-corrected chi connectivity index (χ1v) is 7.27. The average Bonchev–Trinajstić information content (AvgIpc) is 2.72. The van der Waals surface area contributed by atoms with E-state index >= 15 is 0 Å². The smallest absolute Gasteiger partial charge is 0.253 e. The van der Waals surface area contributed by atoms with Crippen molar-refractivity contribution < 1.29 is 4.79 Å². The van der Waals surface area contributed by atoms with E-state index in [1.54, 1.807) is 0 Å². The molecule has 3 atom stereocenters. The fraction of sp³-hybridized carbons (Fsp3) is 0.562. The van der Waals surface area contributed by atoms with Crippen LogP contribution in [0.5, 0.6) is 0 Å². The predicted molar refractivity (Wildman–Crippen MR) is 79.4 cm³/mol. The van der Waals surface area contributed by atoms with Crippen LogP contribution in [0.25, 0.3) is 0 Å². The number of amides is 1. The van der Waals surface area contributed by atoms with Crippen LogP contribution in [-0.2, 0) is 0 Å². The van der Waals surface area contributed by atoms with Crippen LogP contribution in [0.15, 0.2) is 24.3 Å². The lowest BCUT2D eigenvalue weighted by Gasteiger charge is -2.20. The molecule has 2 N–H and O–H groups in total. The van der Waals surface area contributed by atoms with E-state index < -0.39 is 0 Å². The number of nitrogens with one attached hydrogen (secondary N) is 2. The quantitative estimate of drug-likeness (QED) is 0.872. The highest BCUT2D eigenvalue weighted by molar-refractivity contribution is 5.99. The maximum absolute atomic E-state index is 12.4. The first-order valence-electron chi connectivity index (χ1n) is 7.27. The summed E-state index contributed by atoms with van der Waals surface area (Å²) in [6.07, 6.45) is 2.30. The summed E-state index contributed by atoms with van der Waals surface area (Å²) >= 11 is 0. The minimum atomic E-state index is 0.0440. The standard InChI is InChI=1S/C16H24N2O/c1-4-17-15-8-6-5-7-13(15)16(19)18-14-10-9-11(2)12(14)3/h5-8,11-12,14,17H,4,9-10H2,1-3H3,(H,18,19). The highest BCUT2D eigenvalue weighted by Crippen LogP contribution is 2.31. The van der Waals surface area contributed by atoms with Gasteiger partial charge in [0, 0.05) is 18.3 Å². The van der Waals surface area contributed by atoms with Crippen molar-refractivity contribution in [3.8, 4) is 0 Å². The molecule has 0 aliphatic heterocycles. The Hall–Kier alpha value is -1.51. The van der Waals surface area contributed by atoms with Gasteiger partial charge in [0.1, 0.15) is 0 Å². The Bertz CT molecular complexity index is 444. The van der Waals surface area contributed by atoms with Crippen LogP contribution < -0.4 is 10.6 Å². The summed E-state index contributed by atoms with van der Waals surface area (Å²) in [5.74, 6) is 1.31. The second-order valence-electron chi connectivity index (χ2n) is 5.57. The molecule has 3 unspecified atom stereocenters. The number of rotatable bonds is 4. The van der Waals surface area contributed by atoms with Gasteiger partial charge in [0.2, 0.25) is 0 Å². The highest BCUT2D eigenvalue weighted by atomic mass is 16.1. The van der Waals surface area contributed by atoms with Gasteiger partial charge in [0.25, 0.3) is 5.91 Å². The molecule has 1 saturated carbocycles. The lowest BCUT2D eigenvalue weighted by molar-refractivity contribution is 0.0928. The third-order valence-corrected chi connectivity index (χ3v) is 4.32. The fourth-order valence-corrected chi connectivity index (χ4v) is 2.84. The van der Waals surface area contributed by atoms with E-state index in [2.05, 4.69) is 24.5 Å². The molecule has 0 radical (unpaired) electrons. The molecule has 19 heavy (non-hydrogen) atoms. The highest BCUT2D eigenvalue weighted by Gasteiger charge is 2.31. The number of carbonyl (C=O) groups excluding carboxylic acids is 1. The number of hydrogen-bond acceptors (Lipinski definition) is 2. The van der Waals surface area contributed by atoms with Crippen LogP contribution in [0.3, 0.4) is 0 Å². The number of anilines is 1. The molecule has 3 nitrogen and oxygen atoms in total. The summed E-state index contributed by atoms with van der Waals surface area (Å²) in [6.45, 7) is 7.36. The van der Waals surface area contributed by atoms with E-state index in [1.807, 2.05) is 31.2 Å². The molecule has 1 aromatic carbocycles. The number of hydrogen-bond donors (Lipinski definition) is 2. The zero-order valence-corrected chi connectivity index (χ0v) is 12.1. The van der Waals surface area contributed by atoms with Crippen molar-refractivity contribution in [1.82, 2.24) is 5.32 Å². The summed E-state index contributed by atoms with van der Waals surface area (Å²) < 4.78 is 0. The van der Waals surface area contributed by atoms with Gasteiger partial charge in [-0.2, -0.15) is 0 Å². The molecule has 2 rings (SSSR count). The molecule has 3 heteroatoms. The van der Waals surface area contributed by atoms with Crippen LogP contribution >= 0.6 is 0 Å². The van der Waals surface area contributed by atoms with E-state index in [1.165, 1.54) is 6.42 Å². The molecule has 0 spiro atoms. The second kappa shape index (κ2) is 6.09. The van der Waals surface area contributed by atoms with Crippen molar-refractivity contribution in [2.24, 2.45) is 11.8 Å². The van der Waals surface area contributed by atoms with Crippen LogP contribution in [0, 0.1) is 11.8 Å². The zero-order chi connectivity index (χ0) is 13.8. The largest absolute Gasteiger partial charge is 0.385 e. The van der Waals surface area contributed by atoms with Gasteiger partial charge in [-0.05, 0) is 43.7 Å². The number of para-hydroxylation sites is 1. The molecule has 1 aliphatic rings. The van der Waals surface area contributed by atoms with Gasteiger partial charge < -0.3 is 10.6 Å². The molecule has 1 aromatic rings. The van der Waals surface area contributed by atoms with Crippen LogP contribution in [0.4, 0.5) is 5.69 Å².